The number of rotatable bonds is 3. The molecule has 26 heavy (non-hydrogen) atoms. The number of esters is 1. The van der Waals surface area contributed by atoms with Crippen LogP contribution in [-0.4, -0.2) is 57.9 Å². The van der Waals surface area contributed by atoms with Crippen LogP contribution in [0.5, 0.6) is 0 Å². The highest BCUT2D eigenvalue weighted by Gasteiger charge is 2.32. The fraction of sp³-hybridized carbons (Fsp3) is 0.526. The van der Waals surface area contributed by atoms with Crippen molar-refractivity contribution >= 4 is 23.0 Å². The van der Waals surface area contributed by atoms with Gasteiger partial charge >= 0.3 is 12.0 Å². The first-order valence-electron chi connectivity index (χ1n) is 9.35. The number of amides is 2. The first-order chi connectivity index (χ1) is 12.7. The zero-order valence-electron chi connectivity index (χ0n) is 14.8. The Morgan fingerprint density at radius 3 is 2.69 bits per heavy atom. The van der Waals surface area contributed by atoms with Gasteiger partial charge in [-0.2, -0.15) is 0 Å². The molecule has 2 fully saturated rings. The number of carbonyl (C=O) groups excluding carboxylic acids is 2. The molecular weight excluding hydrogens is 332 g/mol. The number of carbonyl (C=O) groups is 2. The fourth-order valence-electron chi connectivity index (χ4n) is 3.78. The minimum Gasteiger partial charge on any atom is -0.457 e. The smallest absolute Gasteiger partial charge is 0.320 e. The largest absolute Gasteiger partial charge is 0.457 e. The number of urea groups is 1. The van der Waals surface area contributed by atoms with E-state index in [-0.39, 0.29) is 24.5 Å². The van der Waals surface area contributed by atoms with E-state index in [1.807, 2.05) is 34.1 Å². The standard InChI is InChI=1S/C19H24N4O3/c24-18(26-13-17-20-15-7-1-2-8-16(15)21-17)14-6-5-11-23(12-14)19(25)22-9-3-4-10-22/h1-2,7-8,14H,3-6,9-13H2,(H,20,21). The molecule has 2 amide bonds. The molecule has 0 bridgehead atoms. The van der Waals surface area contributed by atoms with Crippen LogP contribution in [0.2, 0.25) is 0 Å². The van der Waals surface area contributed by atoms with Crippen LogP contribution in [0, 0.1) is 5.92 Å². The molecule has 0 radical (unpaired) electrons. The van der Waals surface area contributed by atoms with E-state index in [9.17, 15) is 9.59 Å². The first-order valence-corrected chi connectivity index (χ1v) is 9.35. The highest BCUT2D eigenvalue weighted by Crippen LogP contribution is 2.21. The fourth-order valence-corrected chi connectivity index (χ4v) is 3.78. The molecule has 0 saturated carbocycles. The third-order valence-corrected chi connectivity index (χ3v) is 5.19. The van der Waals surface area contributed by atoms with Gasteiger partial charge < -0.3 is 19.5 Å². The number of aromatic nitrogens is 2. The summed E-state index contributed by atoms with van der Waals surface area (Å²) in [5.74, 6) is 0.143. The Labute approximate surface area is 152 Å². The number of hydrogen-bond donors (Lipinski definition) is 1. The monoisotopic (exact) mass is 356 g/mol. The van der Waals surface area contributed by atoms with E-state index < -0.39 is 0 Å². The molecule has 1 atom stereocenters. The third-order valence-electron chi connectivity index (χ3n) is 5.19. The number of benzene rings is 1. The molecular formula is C19H24N4O3. The van der Waals surface area contributed by atoms with Crippen molar-refractivity contribution < 1.29 is 14.3 Å². The molecule has 138 valence electrons. The average Bonchev–Trinajstić information content (AvgIpc) is 3.35. The van der Waals surface area contributed by atoms with Gasteiger partial charge in [0.1, 0.15) is 12.4 Å². The number of ether oxygens (including phenoxy) is 1. The maximum absolute atomic E-state index is 12.5. The number of piperidine rings is 1. The van der Waals surface area contributed by atoms with E-state index in [0.29, 0.717) is 12.4 Å². The summed E-state index contributed by atoms with van der Waals surface area (Å²) in [5.41, 5.74) is 1.79. The second kappa shape index (κ2) is 7.35. The number of H-pyrrole nitrogens is 1. The Balaban J connectivity index is 1.32. The molecule has 7 heteroatoms. The minimum atomic E-state index is -0.250. The Morgan fingerprint density at radius 2 is 1.88 bits per heavy atom. The lowest BCUT2D eigenvalue weighted by molar-refractivity contribution is -0.151. The maximum Gasteiger partial charge on any atom is 0.320 e. The van der Waals surface area contributed by atoms with E-state index >= 15 is 0 Å². The lowest BCUT2D eigenvalue weighted by Crippen LogP contribution is -2.48. The van der Waals surface area contributed by atoms with Crippen LogP contribution in [-0.2, 0) is 16.1 Å². The van der Waals surface area contributed by atoms with Crippen LogP contribution in [0.3, 0.4) is 0 Å². The van der Waals surface area contributed by atoms with E-state index in [1.54, 1.807) is 0 Å². The highest BCUT2D eigenvalue weighted by molar-refractivity contribution is 5.78. The molecule has 1 unspecified atom stereocenters. The van der Waals surface area contributed by atoms with Crippen molar-refractivity contribution in [1.82, 2.24) is 19.8 Å². The first kappa shape index (κ1) is 16.9. The van der Waals surface area contributed by atoms with Crippen LogP contribution in [0.4, 0.5) is 4.79 Å². The number of hydrogen-bond acceptors (Lipinski definition) is 4. The minimum absolute atomic E-state index is 0.0669. The van der Waals surface area contributed by atoms with E-state index in [1.165, 1.54) is 0 Å². The third kappa shape index (κ3) is 3.52. The van der Waals surface area contributed by atoms with Gasteiger partial charge in [0.15, 0.2) is 0 Å². The van der Waals surface area contributed by atoms with Crippen molar-refractivity contribution in [1.29, 1.82) is 0 Å². The molecule has 2 aliphatic heterocycles. The summed E-state index contributed by atoms with van der Waals surface area (Å²) in [4.78, 5) is 36.3. The van der Waals surface area contributed by atoms with Gasteiger partial charge in [-0.05, 0) is 37.8 Å². The lowest BCUT2D eigenvalue weighted by atomic mass is 9.98. The van der Waals surface area contributed by atoms with Crippen molar-refractivity contribution in [3.8, 4) is 0 Å². The molecule has 4 rings (SSSR count). The van der Waals surface area contributed by atoms with Gasteiger partial charge in [-0.3, -0.25) is 4.79 Å². The quantitative estimate of drug-likeness (QED) is 0.857. The number of nitrogens with one attached hydrogen (secondary N) is 1. The number of aromatic amines is 1. The SMILES string of the molecule is O=C(OCc1nc2ccccc2[nH]1)C1CCCN(C(=O)N2CCCC2)C1. The number of nitrogens with zero attached hydrogens (tertiary/aromatic N) is 3. The second-order valence-corrected chi connectivity index (χ2v) is 7.07. The number of imidazole rings is 1. The number of para-hydroxylation sites is 2. The predicted octanol–water partition coefficient (Wildman–Crippen LogP) is 2.53. The van der Waals surface area contributed by atoms with Crippen LogP contribution >= 0.6 is 0 Å². The normalized spacial score (nSPS) is 20.5. The topological polar surface area (TPSA) is 78.5 Å². The molecule has 1 aromatic heterocycles. The van der Waals surface area contributed by atoms with Gasteiger partial charge in [0.25, 0.3) is 0 Å². The van der Waals surface area contributed by atoms with E-state index in [0.717, 1.165) is 56.4 Å². The lowest BCUT2D eigenvalue weighted by Gasteiger charge is -2.34. The van der Waals surface area contributed by atoms with Crippen LogP contribution in [0.25, 0.3) is 11.0 Å². The van der Waals surface area contributed by atoms with Crippen LogP contribution < -0.4 is 0 Å². The van der Waals surface area contributed by atoms with Crippen molar-refractivity contribution in [2.45, 2.75) is 32.3 Å². The summed E-state index contributed by atoms with van der Waals surface area (Å²) in [6.07, 6.45) is 3.75. The van der Waals surface area contributed by atoms with Crippen molar-refractivity contribution in [3.63, 3.8) is 0 Å². The maximum atomic E-state index is 12.5. The van der Waals surface area contributed by atoms with E-state index in [2.05, 4.69) is 9.97 Å². The Bertz CT molecular complexity index is 764. The Morgan fingerprint density at radius 1 is 1.12 bits per heavy atom. The second-order valence-electron chi connectivity index (χ2n) is 7.07. The molecule has 2 aliphatic rings. The summed E-state index contributed by atoms with van der Waals surface area (Å²) >= 11 is 0. The van der Waals surface area contributed by atoms with Gasteiger partial charge in [0, 0.05) is 26.2 Å². The summed E-state index contributed by atoms with van der Waals surface area (Å²) in [6.45, 7) is 2.97. The zero-order chi connectivity index (χ0) is 17.9. The van der Waals surface area contributed by atoms with Crippen molar-refractivity contribution in [2.24, 2.45) is 5.92 Å². The summed E-state index contributed by atoms with van der Waals surface area (Å²) in [7, 11) is 0. The van der Waals surface area contributed by atoms with Crippen LogP contribution in [0.1, 0.15) is 31.5 Å². The average molecular weight is 356 g/mol. The molecule has 3 heterocycles. The van der Waals surface area contributed by atoms with Gasteiger partial charge in [0.2, 0.25) is 0 Å². The Hall–Kier alpha value is -2.57. The Kier molecular flexibility index (Phi) is 4.77. The van der Waals surface area contributed by atoms with Crippen LogP contribution in [0.15, 0.2) is 24.3 Å². The zero-order valence-corrected chi connectivity index (χ0v) is 14.8. The van der Waals surface area contributed by atoms with Gasteiger partial charge in [-0.15, -0.1) is 0 Å². The number of likely N-dealkylation sites (tertiary alicyclic amines) is 2. The molecule has 1 N–H and O–H groups in total. The van der Waals surface area contributed by atoms with Gasteiger partial charge in [0.05, 0.1) is 17.0 Å². The molecule has 1 aromatic carbocycles. The summed E-state index contributed by atoms with van der Waals surface area (Å²) < 4.78 is 5.47. The summed E-state index contributed by atoms with van der Waals surface area (Å²) in [5, 5.41) is 0. The molecule has 0 aliphatic carbocycles. The number of fused-ring (bicyclic) bond motifs is 1. The molecule has 2 saturated heterocycles. The van der Waals surface area contributed by atoms with Gasteiger partial charge in [-0.1, -0.05) is 12.1 Å². The molecule has 0 spiro atoms. The van der Waals surface area contributed by atoms with Crippen molar-refractivity contribution in [2.75, 3.05) is 26.2 Å². The van der Waals surface area contributed by atoms with E-state index in [4.69, 9.17) is 4.74 Å². The molecule has 2 aromatic rings. The van der Waals surface area contributed by atoms with Gasteiger partial charge in [-0.25, -0.2) is 9.78 Å². The summed E-state index contributed by atoms with van der Waals surface area (Å²) in [6, 6.07) is 7.78. The predicted molar refractivity (Wildman–Crippen MR) is 96.4 cm³/mol. The molecule has 7 nitrogen and oxygen atoms in total. The van der Waals surface area contributed by atoms with Crippen molar-refractivity contribution in [3.05, 3.63) is 30.1 Å². The highest BCUT2D eigenvalue weighted by atomic mass is 16.5.